The van der Waals surface area contributed by atoms with Gasteiger partial charge in [-0.25, -0.2) is 4.39 Å². The molecule has 0 spiro atoms. The smallest absolute Gasteiger partial charge is 0.420 e. The lowest BCUT2D eigenvalue weighted by molar-refractivity contribution is -0.189. The van der Waals surface area contributed by atoms with Crippen LogP contribution in [0.2, 0.25) is 0 Å². The average molecular weight is 332 g/mol. The zero-order chi connectivity index (χ0) is 17.0. The second-order valence-corrected chi connectivity index (χ2v) is 6.66. The lowest BCUT2D eigenvalue weighted by Crippen LogP contribution is -2.41. The molecule has 0 saturated carbocycles. The first-order chi connectivity index (χ1) is 10.6. The molecule has 1 aromatic carbocycles. The predicted molar refractivity (Wildman–Crippen MR) is 73.0 cm³/mol. The Balaban J connectivity index is 1.99. The summed E-state index contributed by atoms with van der Waals surface area (Å²) in [6.45, 7) is 3.52. The first-order valence-electron chi connectivity index (χ1n) is 7.26. The summed E-state index contributed by atoms with van der Waals surface area (Å²) in [5, 5.41) is 0. The number of halogens is 4. The molecule has 23 heavy (non-hydrogen) atoms. The van der Waals surface area contributed by atoms with Crippen molar-refractivity contribution in [3.05, 3.63) is 29.1 Å². The highest BCUT2D eigenvalue weighted by molar-refractivity contribution is 5.64. The minimum atomic E-state index is -4.67. The number of hydrogen-bond donors (Lipinski definition) is 0. The molecular weight excluding hydrogens is 316 g/mol. The number of carbonyl (C=O) groups is 1. The third kappa shape index (κ3) is 2.51. The molecule has 0 aromatic heterocycles. The van der Waals surface area contributed by atoms with Crippen LogP contribution in [0.5, 0.6) is 5.75 Å². The van der Waals surface area contributed by atoms with Crippen molar-refractivity contribution in [1.82, 2.24) is 0 Å². The molecule has 0 N–H and O–H groups in total. The minimum Gasteiger partial charge on any atom is -0.493 e. The van der Waals surface area contributed by atoms with Crippen LogP contribution in [0.1, 0.15) is 31.4 Å². The molecule has 3 rings (SSSR count). The molecule has 1 saturated heterocycles. The van der Waals surface area contributed by atoms with Gasteiger partial charge in [0.05, 0.1) is 6.61 Å². The number of epoxide rings is 1. The maximum atomic E-state index is 13.8. The zero-order valence-electron chi connectivity index (χ0n) is 12.7. The highest BCUT2D eigenvalue weighted by Gasteiger charge is 2.74. The first kappa shape index (κ1) is 16.2. The highest BCUT2D eigenvalue weighted by atomic mass is 19.4. The highest BCUT2D eigenvalue weighted by Crippen LogP contribution is 2.56. The lowest BCUT2D eigenvalue weighted by atomic mass is 9.75. The van der Waals surface area contributed by atoms with E-state index in [2.05, 4.69) is 0 Å². The third-order valence-electron chi connectivity index (χ3n) is 4.53. The van der Waals surface area contributed by atoms with Gasteiger partial charge in [-0.05, 0) is 24.0 Å². The van der Waals surface area contributed by atoms with E-state index in [4.69, 9.17) is 9.47 Å². The lowest BCUT2D eigenvalue weighted by Gasteiger charge is -2.31. The van der Waals surface area contributed by atoms with Gasteiger partial charge in [0.2, 0.25) is 0 Å². The predicted octanol–water partition coefficient (Wildman–Crippen LogP) is 3.33. The Morgan fingerprint density at radius 2 is 2.04 bits per heavy atom. The van der Waals surface area contributed by atoms with Gasteiger partial charge in [-0.2, -0.15) is 13.2 Å². The van der Waals surface area contributed by atoms with Gasteiger partial charge >= 0.3 is 6.18 Å². The van der Waals surface area contributed by atoms with Gasteiger partial charge in [-0.3, -0.25) is 0 Å². The van der Waals surface area contributed by atoms with E-state index in [0.717, 1.165) is 0 Å². The van der Waals surface area contributed by atoms with Gasteiger partial charge in [-0.1, -0.05) is 13.8 Å². The van der Waals surface area contributed by atoms with Crippen LogP contribution in [0.15, 0.2) is 12.1 Å². The van der Waals surface area contributed by atoms with Crippen LogP contribution in [-0.2, 0) is 21.4 Å². The number of fused-ring (bicyclic) bond motifs is 1. The Kier molecular flexibility index (Phi) is 3.48. The SMILES string of the molecule is CC(C)(CC1(C(F)(F)F)O[C@H]1C=O)c1cc(F)cc2c1OCC2. The Hall–Kier alpha value is -1.63. The standard InChI is InChI=1S/C16H16F4O3/c1-14(2,8-15(16(18,19)20)12(7-21)23-15)11-6-10(17)5-9-3-4-22-13(9)11/h5-7,12H,3-4,8H2,1-2H3/t12-,15?/m0/s1. The topological polar surface area (TPSA) is 38.8 Å². The summed E-state index contributed by atoms with van der Waals surface area (Å²) < 4.78 is 64.0. The summed E-state index contributed by atoms with van der Waals surface area (Å²) in [5.74, 6) is -0.0703. The summed E-state index contributed by atoms with van der Waals surface area (Å²) in [6, 6.07) is 2.54. The summed E-state index contributed by atoms with van der Waals surface area (Å²) in [5.41, 5.74) is -2.56. The molecule has 2 atom stereocenters. The average Bonchev–Trinajstić information content (AvgIpc) is 2.95. The van der Waals surface area contributed by atoms with Crippen molar-refractivity contribution in [2.24, 2.45) is 0 Å². The fraction of sp³-hybridized carbons (Fsp3) is 0.562. The van der Waals surface area contributed by atoms with Crippen molar-refractivity contribution in [2.75, 3.05) is 6.61 Å². The van der Waals surface area contributed by atoms with Crippen molar-refractivity contribution >= 4 is 6.29 Å². The Morgan fingerprint density at radius 1 is 1.35 bits per heavy atom. The zero-order valence-corrected chi connectivity index (χ0v) is 12.7. The molecule has 1 aromatic rings. The Bertz CT molecular complexity index is 653. The van der Waals surface area contributed by atoms with Crippen LogP contribution in [-0.4, -0.2) is 30.8 Å². The maximum absolute atomic E-state index is 13.8. The quantitative estimate of drug-likeness (QED) is 0.482. The van der Waals surface area contributed by atoms with Crippen LogP contribution in [0.4, 0.5) is 17.6 Å². The molecule has 0 bridgehead atoms. The number of aldehydes is 1. The Morgan fingerprint density at radius 3 is 2.61 bits per heavy atom. The molecule has 2 aliphatic heterocycles. The fourth-order valence-electron chi connectivity index (χ4n) is 3.32. The van der Waals surface area contributed by atoms with Crippen LogP contribution in [0.25, 0.3) is 0 Å². The molecular formula is C16H16F4O3. The van der Waals surface area contributed by atoms with Gasteiger partial charge in [0.15, 0.2) is 18.0 Å². The molecule has 7 heteroatoms. The number of rotatable bonds is 4. The second kappa shape index (κ2) is 4.93. The largest absolute Gasteiger partial charge is 0.493 e. The second-order valence-electron chi connectivity index (χ2n) is 6.66. The van der Waals surface area contributed by atoms with Gasteiger partial charge in [0.25, 0.3) is 0 Å². The van der Waals surface area contributed by atoms with Crippen LogP contribution < -0.4 is 4.74 Å². The minimum absolute atomic E-state index is 0.163. The van der Waals surface area contributed by atoms with E-state index in [1.54, 1.807) is 13.8 Å². The molecule has 2 aliphatic rings. The molecule has 0 amide bonds. The fourth-order valence-corrected chi connectivity index (χ4v) is 3.32. The number of ether oxygens (including phenoxy) is 2. The van der Waals surface area contributed by atoms with Crippen LogP contribution >= 0.6 is 0 Å². The molecule has 2 heterocycles. The van der Waals surface area contributed by atoms with Crippen molar-refractivity contribution in [3.8, 4) is 5.75 Å². The van der Waals surface area contributed by atoms with Crippen molar-refractivity contribution < 1.29 is 31.8 Å². The Labute approximate surface area is 130 Å². The van der Waals surface area contributed by atoms with E-state index in [1.807, 2.05) is 0 Å². The van der Waals surface area contributed by atoms with Crippen LogP contribution in [0, 0.1) is 5.82 Å². The van der Waals surface area contributed by atoms with Gasteiger partial charge in [0.1, 0.15) is 11.6 Å². The summed E-state index contributed by atoms with van der Waals surface area (Å²) in [4.78, 5) is 10.8. The summed E-state index contributed by atoms with van der Waals surface area (Å²) in [6.07, 6.45) is -5.98. The van der Waals surface area contributed by atoms with Crippen molar-refractivity contribution in [3.63, 3.8) is 0 Å². The summed E-state index contributed by atoms with van der Waals surface area (Å²) >= 11 is 0. The third-order valence-corrected chi connectivity index (χ3v) is 4.53. The monoisotopic (exact) mass is 332 g/mol. The van der Waals surface area contributed by atoms with E-state index >= 15 is 0 Å². The molecule has 1 unspecified atom stereocenters. The molecule has 3 nitrogen and oxygen atoms in total. The van der Waals surface area contributed by atoms with E-state index in [0.29, 0.717) is 29.9 Å². The molecule has 126 valence electrons. The van der Waals surface area contributed by atoms with E-state index < -0.39 is 35.5 Å². The molecule has 0 radical (unpaired) electrons. The van der Waals surface area contributed by atoms with Crippen molar-refractivity contribution in [1.29, 1.82) is 0 Å². The maximum Gasteiger partial charge on any atom is 0.420 e. The van der Waals surface area contributed by atoms with Gasteiger partial charge in [-0.15, -0.1) is 0 Å². The van der Waals surface area contributed by atoms with Crippen LogP contribution in [0.3, 0.4) is 0 Å². The number of carbonyl (C=O) groups excluding carboxylic acids is 1. The number of benzene rings is 1. The van der Waals surface area contributed by atoms with E-state index in [-0.39, 0.29) is 6.29 Å². The summed E-state index contributed by atoms with van der Waals surface area (Å²) in [7, 11) is 0. The molecule has 0 aliphatic carbocycles. The van der Waals surface area contributed by atoms with Gasteiger partial charge in [0, 0.05) is 17.5 Å². The number of hydrogen-bond acceptors (Lipinski definition) is 3. The first-order valence-corrected chi connectivity index (χ1v) is 7.26. The van der Waals surface area contributed by atoms with E-state index in [9.17, 15) is 22.4 Å². The number of alkyl halides is 3. The van der Waals surface area contributed by atoms with Gasteiger partial charge < -0.3 is 14.3 Å². The molecule has 1 fully saturated rings. The van der Waals surface area contributed by atoms with E-state index in [1.165, 1.54) is 12.1 Å². The normalized spacial score (nSPS) is 26.6. The van der Waals surface area contributed by atoms with Crippen molar-refractivity contribution in [2.45, 2.75) is 50.0 Å².